The third kappa shape index (κ3) is 6.93. The van der Waals surface area contributed by atoms with E-state index >= 15 is 4.39 Å². The molecule has 17 heteroatoms. The van der Waals surface area contributed by atoms with Crippen LogP contribution in [0.3, 0.4) is 0 Å². The average molecular weight is 715 g/mol. The van der Waals surface area contributed by atoms with E-state index < -0.39 is 87.4 Å². The molecule has 244 valence electrons. The lowest BCUT2D eigenvalue weighted by atomic mass is 10.0. The summed E-state index contributed by atoms with van der Waals surface area (Å²) < 4.78 is 107. The number of rotatable bonds is 9. The van der Waals surface area contributed by atoms with Crippen molar-refractivity contribution in [1.29, 1.82) is 0 Å². The molecule has 0 spiro atoms. The second-order valence-electron chi connectivity index (χ2n) is 9.80. The molecule has 3 aromatic carbocycles. The van der Waals surface area contributed by atoms with E-state index in [1.807, 2.05) is 0 Å². The molecule has 46 heavy (non-hydrogen) atoms. The lowest BCUT2D eigenvalue weighted by Gasteiger charge is -2.23. The fourth-order valence-corrected chi connectivity index (χ4v) is 5.66. The summed E-state index contributed by atoms with van der Waals surface area (Å²) >= 11 is 18.5. The molecule has 0 heterocycles. The highest BCUT2D eigenvalue weighted by molar-refractivity contribution is 6.53. The largest absolute Gasteiger partial charge is 0.419 e. The summed E-state index contributed by atoms with van der Waals surface area (Å²) in [5, 5.41) is 4.25. The highest BCUT2D eigenvalue weighted by atomic mass is 35.5. The van der Waals surface area contributed by atoms with Crippen LogP contribution in [0, 0.1) is 23.4 Å². The van der Waals surface area contributed by atoms with Gasteiger partial charge in [-0.15, -0.1) is 29.8 Å². The van der Waals surface area contributed by atoms with Crippen LogP contribution in [0.25, 0.3) is 0 Å². The SMILES string of the molecule is C=CCN(C(=O)C(F)F)c1c(F)ccc(NC(=O)c2cc(NC(=O)[C@H]3[C@H](c4ccc(F)c(C(F)(F)F)c4)C3(Cl)Cl)ccc2Cl)c1F. The average Bonchev–Trinajstić information content (AvgIpc) is 3.55. The molecule has 0 saturated heterocycles. The second kappa shape index (κ2) is 13.1. The molecule has 1 aliphatic rings. The maximum absolute atomic E-state index is 15.3. The first-order chi connectivity index (χ1) is 21.4. The third-order valence-corrected chi connectivity index (χ3v) is 8.09. The molecule has 3 amide bonds. The summed E-state index contributed by atoms with van der Waals surface area (Å²) in [4.78, 5) is 38.1. The lowest BCUT2D eigenvalue weighted by Crippen LogP contribution is -2.37. The van der Waals surface area contributed by atoms with Gasteiger partial charge < -0.3 is 10.6 Å². The first-order valence-electron chi connectivity index (χ1n) is 12.7. The molecular weight excluding hydrogens is 697 g/mol. The number of alkyl halides is 7. The highest BCUT2D eigenvalue weighted by Crippen LogP contribution is 2.65. The van der Waals surface area contributed by atoms with Crippen molar-refractivity contribution >= 4 is 69.6 Å². The number of carbonyl (C=O) groups excluding carboxylic acids is 3. The molecule has 2 N–H and O–H groups in total. The minimum atomic E-state index is -5.03. The quantitative estimate of drug-likeness (QED) is 0.133. The normalized spacial score (nSPS) is 17.0. The number of amides is 3. The van der Waals surface area contributed by atoms with Crippen molar-refractivity contribution in [2.45, 2.75) is 22.9 Å². The highest BCUT2D eigenvalue weighted by Gasteiger charge is 2.67. The molecule has 0 unspecified atom stereocenters. The van der Waals surface area contributed by atoms with E-state index in [9.17, 15) is 45.1 Å². The van der Waals surface area contributed by atoms with Crippen LogP contribution in [0.5, 0.6) is 0 Å². The fraction of sp³-hybridized carbons (Fsp3) is 0.207. The van der Waals surface area contributed by atoms with Gasteiger partial charge in [0, 0.05) is 18.2 Å². The van der Waals surface area contributed by atoms with Crippen LogP contribution in [0.2, 0.25) is 5.02 Å². The number of hydrogen-bond donors (Lipinski definition) is 2. The predicted molar refractivity (Wildman–Crippen MR) is 155 cm³/mol. The number of carbonyl (C=O) groups is 3. The Morgan fingerprint density at radius 2 is 1.63 bits per heavy atom. The number of benzene rings is 3. The van der Waals surface area contributed by atoms with Crippen LogP contribution in [0.4, 0.5) is 52.2 Å². The maximum atomic E-state index is 15.3. The summed E-state index contributed by atoms with van der Waals surface area (Å²) in [6.07, 6.45) is -7.69. The minimum absolute atomic E-state index is 0.0932. The van der Waals surface area contributed by atoms with E-state index in [1.54, 1.807) is 0 Å². The second-order valence-corrected chi connectivity index (χ2v) is 11.7. The van der Waals surface area contributed by atoms with Gasteiger partial charge in [0.2, 0.25) is 5.91 Å². The zero-order valence-corrected chi connectivity index (χ0v) is 24.9. The third-order valence-electron chi connectivity index (χ3n) is 6.82. The van der Waals surface area contributed by atoms with E-state index in [0.29, 0.717) is 18.2 Å². The van der Waals surface area contributed by atoms with Gasteiger partial charge in [-0.25, -0.2) is 13.2 Å². The molecule has 1 aliphatic carbocycles. The lowest BCUT2D eigenvalue weighted by molar-refractivity contribution is -0.140. The van der Waals surface area contributed by atoms with Gasteiger partial charge in [0.15, 0.2) is 5.82 Å². The van der Waals surface area contributed by atoms with E-state index in [1.165, 1.54) is 6.07 Å². The van der Waals surface area contributed by atoms with Crippen molar-refractivity contribution in [1.82, 2.24) is 0 Å². The number of nitrogens with zero attached hydrogens (tertiary/aromatic N) is 1. The van der Waals surface area contributed by atoms with Gasteiger partial charge >= 0.3 is 12.6 Å². The summed E-state index contributed by atoms with van der Waals surface area (Å²) in [5.41, 5.74) is -4.10. The van der Waals surface area contributed by atoms with Gasteiger partial charge in [0.05, 0.1) is 27.8 Å². The number of anilines is 3. The maximum Gasteiger partial charge on any atom is 0.419 e. The topological polar surface area (TPSA) is 78.5 Å². The zero-order valence-electron chi connectivity index (χ0n) is 22.7. The van der Waals surface area contributed by atoms with Crippen LogP contribution in [-0.4, -0.2) is 35.0 Å². The van der Waals surface area contributed by atoms with Gasteiger partial charge in [0.1, 0.15) is 21.7 Å². The van der Waals surface area contributed by atoms with E-state index in [0.717, 1.165) is 30.3 Å². The van der Waals surface area contributed by atoms with Gasteiger partial charge in [-0.2, -0.15) is 22.0 Å². The number of halogens is 11. The molecule has 0 aromatic heterocycles. The van der Waals surface area contributed by atoms with Crippen molar-refractivity contribution in [3.8, 4) is 0 Å². The van der Waals surface area contributed by atoms with Crippen molar-refractivity contribution < 1.29 is 49.5 Å². The summed E-state index contributed by atoms with van der Waals surface area (Å²) in [6.45, 7) is 2.57. The van der Waals surface area contributed by atoms with E-state index in [-0.39, 0.29) is 26.7 Å². The van der Waals surface area contributed by atoms with Gasteiger partial charge in [0.25, 0.3) is 11.8 Å². The molecule has 1 fully saturated rings. The summed E-state index contributed by atoms with van der Waals surface area (Å²) in [6, 6.07) is 6.88. The van der Waals surface area contributed by atoms with Gasteiger partial charge in [-0.3, -0.25) is 19.3 Å². The van der Waals surface area contributed by atoms with Gasteiger partial charge in [-0.1, -0.05) is 23.7 Å². The number of nitrogens with one attached hydrogen (secondary N) is 2. The fourth-order valence-electron chi connectivity index (χ4n) is 4.63. The van der Waals surface area contributed by atoms with Crippen LogP contribution >= 0.6 is 34.8 Å². The Hall–Kier alpha value is -3.88. The number of hydrogen-bond acceptors (Lipinski definition) is 3. The predicted octanol–water partition coefficient (Wildman–Crippen LogP) is 8.34. The Balaban J connectivity index is 1.56. The standard InChI is InChI=1S/C29H18Cl3F8N3O3/c1-2-9-43(27(46)24(36)37)23-18(34)7-8-19(22(23)35)42-25(44)14-11-13(4-5-16(14)30)41-26(45)21-20(28(21,31)32)12-3-6-17(33)15(10-12)29(38,39)40/h2-8,10-11,20-21,24H,1,9H2,(H,41,45)(H,42,44)/t20-,21+/m0/s1. The van der Waals surface area contributed by atoms with Crippen molar-refractivity contribution in [2.75, 3.05) is 22.1 Å². The molecule has 6 nitrogen and oxygen atoms in total. The smallest absolute Gasteiger partial charge is 0.326 e. The summed E-state index contributed by atoms with van der Waals surface area (Å²) in [5.74, 6) is -10.9. The molecule has 0 bridgehead atoms. The van der Waals surface area contributed by atoms with Crippen molar-refractivity contribution in [3.05, 3.63) is 100 Å². The Bertz CT molecular complexity index is 1740. The minimum Gasteiger partial charge on any atom is -0.326 e. The zero-order chi connectivity index (χ0) is 34.3. The molecular formula is C29H18Cl3F8N3O3. The Kier molecular flexibility index (Phi) is 9.95. The van der Waals surface area contributed by atoms with E-state index in [4.69, 9.17) is 34.8 Å². The molecule has 2 atom stereocenters. The summed E-state index contributed by atoms with van der Waals surface area (Å²) in [7, 11) is 0. The van der Waals surface area contributed by atoms with Crippen LogP contribution in [0.1, 0.15) is 27.4 Å². The molecule has 0 radical (unpaired) electrons. The monoisotopic (exact) mass is 713 g/mol. The molecule has 0 aliphatic heterocycles. The van der Waals surface area contributed by atoms with Crippen LogP contribution < -0.4 is 15.5 Å². The van der Waals surface area contributed by atoms with Crippen molar-refractivity contribution in [3.63, 3.8) is 0 Å². The first kappa shape index (κ1) is 35.0. The first-order valence-corrected chi connectivity index (χ1v) is 13.9. The van der Waals surface area contributed by atoms with E-state index in [2.05, 4.69) is 17.2 Å². The Morgan fingerprint density at radius 1 is 0.978 bits per heavy atom. The van der Waals surface area contributed by atoms with Crippen LogP contribution in [0.15, 0.2) is 61.2 Å². The Morgan fingerprint density at radius 3 is 2.24 bits per heavy atom. The van der Waals surface area contributed by atoms with Crippen LogP contribution in [-0.2, 0) is 15.8 Å². The molecule has 3 aromatic rings. The van der Waals surface area contributed by atoms with Crippen molar-refractivity contribution in [2.24, 2.45) is 5.92 Å². The molecule has 1 saturated carbocycles. The van der Waals surface area contributed by atoms with Gasteiger partial charge in [-0.05, 0) is 48.0 Å². The Labute approximate surface area is 269 Å². The molecule has 4 rings (SSSR count).